The summed E-state index contributed by atoms with van der Waals surface area (Å²) in [6, 6.07) is 0.748. The number of rotatable bonds is 3. The molecule has 2 nitrogen and oxygen atoms in total. The zero-order valence-electron chi connectivity index (χ0n) is 11.1. The van der Waals surface area contributed by atoms with E-state index in [9.17, 15) is 0 Å². The largest absolute Gasteiger partial charge is 0.313 e. The summed E-state index contributed by atoms with van der Waals surface area (Å²) >= 11 is 0. The summed E-state index contributed by atoms with van der Waals surface area (Å²) in [6.07, 6.45) is 9.95. The van der Waals surface area contributed by atoms with Gasteiger partial charge in [-0.05, 0) is 45.7 Å². The van der Waals surface area contributed by atoms with E-state index in [1.165, 1.54) is 58.0 Å². The van der Waals surface area contributed by atoms with Crippen LogP contribution in [0.25, 0.3) is 0 Å². The second-order valence-corrected chi connectivity index (χ2v) is 5.90. The molecule has 2 rings (SSSR count). The number of nitrogens with zero attached hydrogens (tertiary/aromatic N) is 1. The van der Waals surface area contributed by atoms with E-state index in [0.717, 1.165) is 12.6 Å². The maximum absolute atomic E-state index is 3.63. The molecule has 1 saturated heterocycles. The van der Waals surface area contributed by atoms with Gasteiger partial charge in [0, 0.05) is 18.1 Å². The molecule has 2 aliphatic rings. The summed E-state index contributed by atoms with van der Waals surface area (Å²) < 4.78 is 0. The van der Waals surface area contributed by atoms with Crippen LogP contribution >= 0.6 is 0 Å². The molecule has 0 radical (unpaired) electrons. The Morgan fingerprint density at radius 1 is 1.19 bits per heavy atom. The van der Waals surface area contributed by atoms with E-state index in [1.54, 1.807) is 0 Å². The lowest BCUT2D eigenvalue weighted by Crippen LogP contribution is -2.55. The Hall–Kier alpha value is -0.0800. The Labute approximate surface area is 101 Å². The van der Waals surface area contributed by atoms with Crippen molar-refractivity contribution in [2.75, 3.05) is 19.6 Å². The van der Waals surface area contributed by atoms with Gasteiger partial charge in [-0.3, -0.25) is 4.90 Å². The highest BCUT2D eigenvalue weighted by molar-refractivity contribution is 4.93. The Balaban J connectivity index is 1.92. The molecule has 0 aromatic carbocycles. The third kappa shape index (κ3) is 2.78. The van der Waals surface area contributed by atoms with Gasteiger partial charge in [0.2, 0.25) is 0 Å². The average molecular weight is 224 g/mol. The lowest BCUT2D eigenvalue weighted by molar-refractivity contribution is 0.0363. The van der Waals surface area contributed by atoms with Crippen molar-refractivity contribution < 1.29 is 0 Å². The van der Waals surface area contributed by atoms with Gasteiger partial charge in [-0.2, -0.15) is 0 Å². The molecule has 1 atom stereocenters. The fourth-order valence-corrected chi connectivity index (χ4v) is 3.55. The van der Waals surface area contributed by atoms with Crippen molar-refractivity contribution in [1.29, 1.82) is 0 Å². The molecule has 0 aromatic rings. The van der Waals surface area contributed by atoms with E-state index < -0.39 is 0 Å². The van der Waals surface area contributed by atoms with Crippen LogP contribution in [0.2, 0.25) is 0 Å². The van der Waals surface area contributed by atoms with Crippen molar-refractivity contribution in [2.45, 2.75) is 70.4 Å². The number of hydrogen-bond donors (Lipinski definition) is 1. The summed E-state index contributed by atoms with van der Waals surface area (Å²) in [5.41, 5.74) is 0.520. The van der Waals surface area contributed by atoms with Crippen LogP contribution in [0, 0.1) is 0 Å². The van der Waals surface area contributed by atoms with Gasteiger partial charge in [-0.1, -0.05) is 26.2 Å². The third-order valence-electron chi connectivity index (χ3n) is 4.61. The van der Waals surface area contributed by atoms with Crippen molar-refractivity contribution in [3.63, 3.8) is 0 Å². The summed E-state index contributed by atoms with van der Waals surface area (Å²) in [7, 11) is 0. The van der Waals surface area contributed by atoms with Crippen LogP contribution in [0.3, 0.4) is 0 Å². The highest BCUT2D eigenvalue weighted by Crippen LogP contribution is 2.34. The molecule has 0 spiro atoms. The van der Waals surface area contributed by atoms with Gasteiger partial charge in [0.25, 0.3) is 0 Å². The normalized spacial score (nSPS) is 31.5. The molecule has 1 aliphatic heterocycles. The highest BCUT2D eigenvalue weighted by Gasteiger charge is 2.35. The Bertz CT molecular complexity index is 207. The molecule has 1 heterocycles. The molecular weight excluding hydrogens is 196 g/mol. The third-order valence-corrected chi connectivity index (χ3v) is 4.61. The van der Waals surface area contributed by atoms with Crippen LogP contribution in [-0.2, 0) is 0 Å². The number of likely N-dealkylation sites (tertiary alicyclic amines) is 1. The number of nitrogens with one attached hydrogen (secondary N) is 1. The van der Waals surface area contributed by atoms with E-state index in [-0.39, 0.29) is 0 Å². The monoisotopic (exact) mass is 224 g/mol. The number of piperidine rings is 1. The molecule has 1 unspecified atom stereocenters. The van der Waals surface area contributed by atoms with E-state index in [0.29, 0.717) is 5.54 Å². The maximum atomic E-state index is 3.63. The summed E-state index contributed by atoms with van der Waals surface area (Å²) in [5, 5.41) is 3.63. The Kier molecular flexibility index (Phi) is 4.26. The zero-order valence-corrected chi connectivity index (χ0v) is 11.1. The highest BCUT2D eigenvalue weighted by atomic mass is 15.2. The fraction of sp³-hybridized carbons (Fsp3) is 1.00. The molecule has 94 valence electrons. The van der Waals surface area contributed by atoms with Crippen molar-refractivity contribution in [3.05, 3.63) is 0 Å². The quantitative estimate of drug-likeness (QED) is 0.793. The van der Waals surface area contributed by atoms with Crippen LogP contribution in [-0.4, -0.2) is 36.1 Å². The zero-order chi connectivity index (χ0) is 11.4. The molecule has 1 saturated carbocycles. The van der Waals surface area contributed by atoms with E-state index in [4.69, 9.17) is 0 Å². The van der Waals surface area contributed by atoms with Crippen LogP contribution in [0.1, 0.15) is 58.8 Å². The molecule has 0 bridgehead atoms. The number of hydrogen-bond acceptors (Lipinski definition) is 2. The smallest absolute Gasteiger partial charge is 0.0195 e. The summed E-state index contributed by atoms with van der Waals surface area (Å²) in [4.78, 5) is 2.78. The molecule has 2 fully saturated rings. The molecule has 1 aliphatic carbocycles. The average Bonchev–Trinajstić information content (AvgIpc) is 2.31. The van der Waals surface area contributed by atoms with Gasteiger partial charge < -0.3 is 5.32 Å². The van der Waals surface area contributed by atoms with Crippen LogP contribution in [0.15, 0.2) is 0 Å². The summed E-state index contributed by atoms with van der Waals surface area (Å²) in [6.45, 7) is 8.46. The first-order valence-electron chi connectivity index (χ1n) is 7.23. The van der Waals surface area contributed by atoms with Crippen molar-refractivity contribution in [3.8, 4) is 0 Å². The van der Waals surface area contributed by atoms with E-state index >= 15 is 0 Å². The van der Waals surface area contributed by atoms with Crippen LogP contribution in [0.5, 0.6) is 0 Å². The van der Waals surface area contributed by atoms with Crippen LogP contribution < -0.4 is 5.32 Å². The van der Waals surface area contributed by atoms with Crippen molar-refractivity contribution in [2.24, 2.45) is 0 Å². The minimum atomic E-state index is 0.520. The Morgan fingerprint density at radius 3 is 2.62 bits per heavy atom. The predicted octanol–water partition coefficient (Wildman–Crippen LogP) is 2.78. The standard InChI is InChI=1S/C14H28N2/c1-3-15-13-8-7-11-16(12-13)14(2)9-5-4-6-10-14/h13,15H,3-12H2,1-2H3. The van der Waals surface area contributed by atoms with Gasteiger partial charge in [0.15, 0.2) is 0 Å². The molecular formula is C14H28N2. The first kappa shape index (κ1) is 12.4. The van der Waals surface area contributed by atoms with Gasteiger partial charge in [-0.15, -0.1) is 0 Å². The summed E-state index contributed by atoms with van der Waals surface area (Å²) in [5.74, 6) is 0. The van der Waals surface area contributed by atoms with E-state index in [2.05, 4.69) is 24.1 Å². The molecule has 0 aromatic heterocycles. The second kappa shape index (κ2) is 5.50. The first-order chi connectivity index (χ1) is 7.74. The minimum absolute atomic E-state index is 0.520. The van der Waals surface area contributed by atoms with E-state index in [1.807, 2.05) is 0 Å². The van der Waals surface area contributed by atoms with Crippen LogP contribution in [0.4, 0.5) is 0 Å². The van der Waals surface area contributed by atoms with Crippen molar-refractivity contribution in [1.82, 2.24) is 10.2 Å². The Morgan fingerprint density at radius 2 is 1.94 bits per heavy atom. The fourth-order valence-electron chi connectivity index (χ4n) is 3.55. The first-order valence-corrected chi connectivity index (χ1v) is 7.23. The lowest BCUT2D eigenvalue weighted by atomic mass is 9.80. The topological polar surface area (TPSA) is 15.3 Å². The minimum Gasteiger partial charge on any atom is -0.313 e. The molecule has 1 N–H and O–H groups in total. The predicted molar refractivity (Wildman–Crippen MR) is 69.8 cm³/mol. The molecule has 0 amide bonds. The maximum Gasteiger partial charge on any atom is 0.0195 e. The van der Waals surface area contributed by atoms with Gasteiger partial charge in [0.05, 0.1) is 0 Å². The molecule has 2 heteroatoms. The van der Waals surface area contributed by atoms with Gasteiger partial charge >= 0.3 is 0 Å². The van der Waals surface area contributed by atoms with Gasteiger partial charge in [0.1, 0.15) is 0 Å². The van der Waals surface area contributed by atoms with Crippen molar-refractivity contribution >= 4 is 0 Å². The van der Waals surface area contributed by atoms with Gasteiger partial charge in [-0.25, -0.2) is 0 Å². The lowest BCUT2D eigenvalue weighted by Gasteiger charge is -2.48. The number of likely N-dealkylation sites (N-methyl/N-ethyl adjacent to an activating group) is 1. The molecule has 16 heavy (non-hydrogen) atoms. The second-order valence-electron chi connectivity index (χ2n) is 5.90. The SMILES string of the molecule is CCNC1CCCN(C2(C)CCCCC2)C1.